The minimum absolute atomic E-state index is 0.0156. The van der Waals surface area contributed by atoms with E-state index in [1.165, 1.54) is 0 Å². The van der Waals surface area contributed by atoms with Gasteiger partial charge >= 0.3 is 27.0 Å². The van der Waals surface area contributed by atoms with Crippen molar-refractivity contribution in [2.45, 2.75) is 24.5 Å². The van der Waals surface area contributed by atoms with Gasteiger partial charge < -0.3 is 35.0 Å². The van der Waals surface area contributed by atoms with Crippen LogP contribution in [-0.4, -0.2) is 74.1 Å². The fraction of sp³-hybridized carbons (Fsp3) is 0.312. The monoisotopic (exact) mass is 613 g/mol. The lowest BCUT2D eigenvalue weighted by Gasteiger charge is -2.22. The van der Waals surface area contributed by atoms with Crippen LogP contribution < -0.4 is 10.5 Å². The molecule has 0 aliphatic carbocycles. The number of fused-ring (bicyclic) bond motifs is 1. The Morgan fingerprint density at radius 2 is 1.85 bits per heavy atom. The second kappa shape index (κ2) is 10.7. The van der Waals surface area contributed by atoms with Crippen molar-refractivity contribution in [1.82, 2.24) is 19.5 Å². The first-order valence-electron chi connectivity index (χ1n) is 10.4. The second-order valence-electron chi connectivity index (χ2n) is 7.84. The molecule has 3 aromatic rings. The molecule has 4 rings (SSSR count). The molecule has 1 aliphatic heterocycles. The number of hydrogen-bond donors (Lipinski definition) is 5. The molecule has 0 spiro atoms. The van der Waals surface area contributed by atoms with E-state index in [0.717, 1.165) is 17.2 Å². The van der Waals surface area contributed by atoms with Crippen LogP contribution in [0.15, 0.2) is 24.8 Å². The molecule has 1 aromatic carbocycles. The Hall–Kier alpha value is -3.72. The first-order valence-corrected chi connectivity index (χ1v) is 13.4. The number of phosphoric ester groups is 1. The maximum Gasteiger partial charge on any atom is 0.481 e. The summed E-state index contributed by atoms with van der Waals surface area (Å²) in [5.41, 5.74) is 3.48. The van der Waals surface area contributed by atoms with Gasteiger partial charge in [0.15, 0.2) is 23.8 Å². The van der Waals surface area contributed by atoms with E-state index < -0.39 is 79.6 Å². The van der Waals surface area contributed by atoms with Crippen molar-refractivity contribution in [3.8, 4) is 5.75 Å². The number of imidazole rings is 1. The van der Waals surface area contributed by atoms with Gasteiger partial charge in [-0.25, -0.2) is 24.1 Å². The van der Waals surface area contributed by atoms with Gasteiger partial charge in [0.25, 0.3) is 0 Å². The molecular formula is C16H16FN7O14P2. The lowest BCUT2D eigenvalue weighted by Crippen LogP contribution is -2.39. The highest BCUT2D eigenvalue weighted by Crippen LogP contribution is 2.57. The number of nitro groups is 2. The van der Waals surface area contributed by atoms with Crippen molar-refractivity contribution in [3.05, 3.63) is 50.8 Å². The number of nitrogen functional groups attached to an aromatic ring is 1. The first-order chi connectivity index (χ1) is 18.6. The molecule has 5 atom stereocenters. The zero-order chi connectivity index (χ0) is 29.6. The molecule has 2 aromatic heterocycles. The van der Waals surface area contributed by atoms with Gasteiger partial charge in [0.05, 0.1) is 22.8 Å². The van der Waals surface area contributed by atoms with E-state index in [4.69, 9.17) is 25.0 Å². The Morgan fingerprint density at radius 1 is 1.18 bits per heavy atom. The van der Waals surface area contributed by atoms with Crippen LogP contribution in [0.4, 0.5) is 21.6 Å². The van der Waals surface area contributed by atoms with E-state index in [0.29, 0.717) is 6.07 Å². The molecule has 0 saturated carbocycles. The zero-order valence-electron chi connectivity index (χ0n) is 19.2. The number of aromatic nitrogens is 4. The third-order valence-electron chi connectivity index (χ3n) is 5.27. The number of rotatable bonds is 10. The topological polar surface area (TPSA) is 308 Å². The third kappa shape index (κ3) is 6.04. The van der Waals surface area contributed by atoms with Gasteiger partial charge in [-0.05, 0) is 0 Å². The fourth-order valence-corrected chi connectivity index (χ4v) is 5.27. The normalized spacial score (nSPS) is 22.7. The number of aliphatic hydroxyl groups is 1. The minimum atomic E-state index is -5.52. The molecule has 0 bridgehead atoms. The lowest BCUT2D eigenvalue weighted by atomic mass is 10.1. The molecule has 1 fully saturated rings. The van der Waals surface area contributed by atoms with Gasteiger partial charge in [-0.2, -0.15) is 8.70 Å². The number of halogens is 1. The smallest absolute Gasteiger partial charge is 0.478 e. The van der Waals surface area contributed by atoms with Crippen LogP contribution in [-0.2, 0) is 22.7 Å². The molecule has 6 N–H and O–H groups in total. The average molecular weight is 613 g/mol. The summed E-state index contributed by atoms with van der Waals surface area (Å²) in [6.45, 7) is -1.10. The van der Waals surface area contributed by atoms with Crippen molar-refractivity contribution >= 4 is 44.0 Å². The van der Waals surface area contributed by atoms with E-state index in [9.17, 15) is 43.7 Å². The summed E-state index contributed by atoms with van der Waals surface area (Å²) in [6.07, 6.45) is -4.73. The number of hydrogen-bond acceptors (Lipinski definition) is 15. The van der Waals surface area contributed by atoms with Gasteiger partial charge in [0.1, 0.15) is 30.1 Å². The Kier molecular flexibility index (Phi) is 7.82. The molecule has 1 saturated heterocycles. The van der Waals surface area contributed by atoms with Gasteiger partial charge in [0, 0.05) is 6.07 Å². The Labute approximate surface area is 219 Å². The Morgan fingerprint density at radius 3 is 2.48 bits per heavy atom. The second-order valence-corrected chi connectivity index (χ2v) is 10.7. The van der Waals surface area contributed by atoms with Gasteiger partial charge in [-0.3, -0.25) is 29.3 Å². The van der Waals surface area contributed by atoms with Crippen LogP contribution >= 0.6 is 15.6 Å². The van der Waals surface area contributed by atoms with Gasteiger partial charge in [-0.1, -0.05) is 0 Å². The predicted octanol–water partition coefficient (Wildman–Crippen LogP) is 0.296. The van der Waals surface area contributed by atoms with Crippen LogP contribution in [0.25, 0.3) is 11.2 Å². The van der Waals surface area contributed by atoms with Gasteiger partial charge in [-0.15, -0.1) is 0 Å². The van der Waals surface area contributed by atoms with E-state index in [2.05, 4.69) is 23.8 Å². The van der Waals surface area contributed by atoms with Crippen molar-refractivity contribution in [2.24, 2.45) is 0 Å². The number of nitro benzene ring substituents is 2. The molecule has 216 valence electrons. The van der Waals surface area contributed by atoms with Crippen LogP contribution in [0.1, 0.15) is 6.23 Å². The molecule has 24 heteroatoms. The largest absolute Gasteiger partial charge is 0.481 e. The number of phosphoric acid groups is 2. The Balaban J connectivity index is 1.72. The zero-order valence-corrected chi connectivity index (χ0v) is 21.0. The molecule has 1 aliphatic rings. The number of nitrogens with two attached hydrogens (primary N) is 1. The summed E-state index contributed by atoms with van der Waals surface area (Å²) in [4.78, 5) is 59.1. The van der Waals surface area contributed by atoms with Crippen molar-refractivity contribution < 1.29 is 61.5 Å². The third-order valence-corrected chi connectivity index (χ3v) is 7.42. The van der Waals surface area contributed by atoms with E-state index in [-0.39, 0.29) is 23.0 Å². The van der Waals surface area contributed by atoms with Crippen molar-refractivity contribution in [2.75, 3.05) is 12.3 Å². The number of nitrogens with zero attached hydrogens (tertiary/aromatic N) is 6. The lowest BCUT2D eigenvalue weighted by molar-refractivity contribution is -0.396. The van der Waals surface area contributed by atoms with E-state index >= 15 is 0 Å². The summed E-state index contributed by atoms with van der Waals surface area (Å²) in [6, 6.07) is 0.581. The van der Waals surface area contributed by atoms with E-state index in [1.54, 1.807) is 0 Å². The highest BCUT2D eigenvalue weighted by atomic mass is 31.3. The van der Waals surface area contributed by atoms with Crippen LogP contribution in [0, 0.1) is 26.0 Å². The molecule has 1 unspecified atom stereocenters. The van der Waals surface area contributed by atoms with Crippen LogP contribution in [0.3, 0.4) is 0 Å². The number of benzene rings is 1. The maximum atomic E-state index is 14.3. The van der Waals surface area contributed by atoms with Crippen LogP contribution in [0.2, 0.25) is 0 Å². The summed E-state index contributed by atoms with van der Waals surface area (Å²) >= 11 is 0. The summed E-state index contributed by atoms with van der Waals surface area (Å²) < 4.78 is 57.6. The quantitative estimate of drug-likeness (QED) is 0.117. The summed E-state index contributed by atoms with van der Waals surface area (Å²) in [5.74, 6) is -2.50. The highest BCUT2D eigenvalue weighted by Gasteiger charge is 2.49. The highest BCUT2D eigenvalue weighted by molar-refractivity contribution is 7.60. The van der Waals surface area contributed by atoms with Crippen molar-refractivity contribution in [3.63, 3.8) is 0 Å². The molecule has 3 heterocycles. The molecule has 40 heavy (non-hydrogen) atoms. The Bertz CT molecular complexity index is 1580. The summed E-state index contributed by atoms with van der Waals surface area (Å²) in [7, 11) is -11.0. The maximum absolute atomic E-state index is 14.3. The van der Waals surface area contributed by atoms with E-state index in [1.807, 2.05) is 0 Å². The fourth-order valence-electron chi connectivity index (χ4n) is 3.67. The first kappa shape index (κ1) is 29.3. The SMILES string of the molecule is Nc1ncnc2c1n[14cH]n2[C@@H]1O[C@H](COP(=O)(O)OP(=O)(O)O)[C@@H](Oc2cc(F)c([N+](=O)[O-])cc2[N+](=O)[O-])[C@H]1O. The number of aliphatic hydroxyl groups excluding tert-OH is 1. The predicted molar refractivity (Wildman–Crippen MR) is 123 cm³/mol. The van der Waals surface area contributed by atoms with Gasteiger partial charge in [0.2, 0.25) is 11.6 Å². The summed E-state index contributed by atoms with van der Waals surface area (Å²) in [5, 5.41) is 33.6. The molecular weight excluding hydrogens is 597 g/mol. The molecule has 0 amide bonds. The van der Waals surface area contributed by atoms with Crippen LogP contribution in [0.5, 0.6) is 5.75 Å². The number of anilines is 1. The minimum Gasteiger partial charge on any atom is -0.478 e. The molecule has 0 radical (unpaired) electrons. The molecule has 21 nitrogen and oxygen atoms in total. The average Bonchev–Trinajstić information content (AvgIpc) is 3.38. The standard InChI is InChI=1S/C16H16FN7O14P2/c17-6-1-9(8(24(28)29)2-7(6)23(26)27)36-13-10(3-35-40(33,34)38-39(30,31)32)37-16(12(13)25)22-5-21-11-14(18)19-4-20-15(11)22/h1-2,4-5,10,12-13,16,25H,3H2,(H,33,34)(H2,18,19,20)(H2,30,31,32)/t10-,12-,13-,16-/m1/s1/i5+2. The van der Waals surface area contributed by atoms with Crippen molar-refractivity contribution in [1.29, 1.82) is 0 Å². The number of ether oxygens (including phenoxy) is 2.